The summed E-state index contributed by atoms with van der Waals surface area (Å²) in [5.41, 5.74) is 4.16. The van der Waals surface area contributed by atoms with Gasteiger partial charge in [-0.3, -0.25) is 14.9 Å². The molecule has 5 heteroatoms. The highest BCUT2D eigenvalue weighted by Crippen LogP contribution is 2.51. The van der Waals surface area contributed by atoms with Crippen LogP contribution in [-0.4, -0.2) is 22.7 Å². The molecule has 4 aromatic rings. The summed E-state index contributed by atoms with van der Waals surface area (Å²) in [5, 5.41) is 3.90. The maximum absolute atomic E-state index is 13.7. The van der Waals surface area contributed by atoms with Gasteiger partial charge in [0.05, 0.1) is 5.54 Å². The molecule has 4 nitrogen and oxygen atoms in total. The largest absolute Gasteiger partial charge is 0.459 e. The van der Waals surface area contributed by atoms with Gasteiger partial charge in [-0.2, -0.15) is 0 Å². The van der Waals surface area contributed by atoms with Crippen LogP contribution in [0.5, 0.6) is 0 Å². The van der Waals surface area contributed by atoms with Gasteiger partial charge in [-0.25, -0.2) is 0 Å². The van der Waals surface area contributed by atoms with E-state index in [1.807, 2.05) is 81.4 Å². The van der Waals surface area contributed by atoms with E-state index in [9.17, 15) is 9.59 Å². The van der Waals surface area contributed by atoms with Gasteiger partial charge < -0.3 is 4.74 Å². The van der Waals surface area contributed by atoms with Crippen molar-refractivity contribution in [2.45, 2.75) is 62.1 Å². The van der Waals surface area contributed by atoms with E-state index in [2.05, 4.69) is 53.8 Å². The highest BCUT2D eigenvalue weighted by molar-refractivity contribution is 8.13. The van der Waals surface area contributed by atoms with Crippen LogP contribution in [0.1, 0.15) is 56.7 Å². The number of ether oxygens (including phenoxy) is 1. The molecule has 0 bridgehead atoms. The van der Waals surface area contributed by atoms with E-state index < -0.39 is 17.2 Å². The number of carbonyl (C=O) groups is 2. The average Bonchev–Trinajstić information content (AvgIpc) is 3.23. The molecule has 0 aliphatic heterocycles. The van der Waals surface area contributed by atoms with E-state index in [0.29, 0.717) is 19.3 Å². The van der Waals surface area contributed by atoms with Gasteiger partial charge in [0, 0.05) is 11.3 Å². The summed E-state index contributed by atoms with van der Waals surface area (Å²) in [6, 6.07) is 36.1. The fourth-order valence-electron chi connectivity index (χ4n) is 5.48. The number of hydrogen-bond acceptors (Lipinski definition) is 5. The predicted molar refractivity (Wildman–Crippen MR) is 162 cm³/mol. The number of hydrogen-bond donors (Lipinski definition) is 1. The Labute approximate surface area is 241 Å². The van der Waals surface area contributed by atoms with Gasteiger partial charge in [0.2, 0.25) is 0 Å². The van der Waals surface area contributed by atoms with Crippen LogP contribution < -0.4 is 5.32 Å². The summed E-state index contributed by atoms with van der Waals surface area (Å²) < 4.78 is 5.93. The van der Waals surface area contributed by atoms with Crippen LogP contribution in [0.3, 0.4) is 0 Å². The van der Waals surface area contributed by atoms with Crippen LogP contribution in [0.15, 0.2) is 114 Å². The monoisotopic (exact) mass is 549 g/mol. The topological polar surface area (TPSA) is 55.4 Å². The van der Waals surface area contributed by atoms with Gasteiger partial charge >= 0.3 is 5.97 Å². The third-order valence-electron chi connectivity index (χ3n) is 7.09. The van der Waals surface area contributed by atoms with Crippen LogP contribution in [-0.2, 0) is 19.9 Å². The van der Waals surface area contributed by atoms with E-state index >= 15 is 0 Å². The van der Waals surface area contributed by atoms with Crippen molar-refractivity contribution in [2.75, 3.05) is 0 Å². The van der Waals surface area contributed by atoms with E-state index in [4.69, 9.17) is 4.74 Å². The number of thioether (sulfide) groups is 1. The van der Waals surface area contributed by atoms with Crippen LogP contribution in [0.25, 0.3) is 11.1 Å². The second-order valence-corrected chi connectivity index (χ2v) is 12.2. The normalized spacial score (nSPS) is 14.2. The van der Waals surface area contributed by atoms with E-state index in [-0.39, 0.29) is 11.1 Å². The Morgan fingerprint density at radius 2 is 1.30 bits per heavy atom. The van der Waals surface area contributed by atoms with Crippen molar-refractivity contribution >= 4 is 22.8 Å². The average molecular weight is 550 g/mol. The van der Waals surface area contributed by atoms with Gasteiger partial charge in [0.15, 0.2) is 5.12 Å². The Bertz CT molecular complexity index is 1430. The van der Waals surface area contributed by atoms with Gasteiger partial charge in [-0.15, -0.1) is 0 Å². The molecule has 1 aliphatic rings. The molecule has 0 amide bonds. The third kappa shape index (κ3) is 5.91. The molecule has 1 atom stereocenters. The van der Waals surface area contributed by atoms with Crippen molar-refractivity contribution in [3.05, 3.63) is 126 Å². The highest BCUT2D eigenvalue weighted by Gasteiger charge is 2.47. The summed E-state index contributed by atoms with van der Waals surface area (Å²) in [6.45, 7) is 5.65. The fraction of sp³-hybridized carbons (Fsp3) is 0.257. The Hall–Kier alpha value is -3.67. The van der Waals surface area contributed by atoms with Crippen molar-refractivity contribution in [1.29, 1.82) is 0 Å². The van der Waals surface area contributed by atoms with Gasteiger partial charge in [0.1, 0.15) is 11.6 Å². The van der Waals surface area contributed by atoms with Crippen LogP contribution in [0, 0.1) is 0 Å². The zero-order chi connectivity index (χ0) is 28.2. The molecule has 40 heavy (non-hydrogen) atoms. The zero-order valence-electron chi connectivity index (χ0n) is 23.2. The molecule has 0 unspecified atom stereocenters. The zero-order valence-corrected chi connectivity index (χ0v) is 24.0. The Morgan fingerprint density at radius 3 is 1.88 bits per heavy atom. The van der Waals surface area contributed by atoms with Crippen LogP contribution in [0.2, 0.25) is 0 Å². The van der Waals surface area contributed by atoms with E-state index in [0.717, 1.165) is 32.7 Å². The van der Waals surface area contributed by atoms with E-state index in [1.54, 1.807) is 0 Å². The summed E-state index contributed by atoms with van der Waals surface area (Å²) in [5.74, 6) is -0.312. The van der Waals surface area contributed by atoms with Gasteiger partial charge in [-0.1, -0.05) is 109 Å². The maximum Gasteiger partial charge on any atom is 0.323 e. The standard InChI is InChI=1S/C35H35NO3S/c1-34(2,3)39-33(38)31(23-14-24-32(37)40-26-17-8-5-9-18-26)36-35(25-15-6-4-7-16-25)29-21-12-10-19-27(29)28-20-11-13-22-30(28)35/h4-13,15-22,31,36H,14,23-24H2,1-3H3/t31-/m0/s1. The lowest BCUT2D eigenvalue weighted by Crippen LogP contribution is -2.53. The first kappa shape index (κ1) is 27.9. The summed E-state index contributed by atoms with van der Waals surface area (Å²) in [4.78, 5) is 27.4. The Balaban J connectivity index is 1.49. The molecular weight excluding hydrogens is 514 g/mol. The first-order chi connectivity index (χ1) is 19.3. The number of benzene rings is 4. The van der Waals surface area contributed by atoms with Gasteiger partial charge in [-0.05, 0) is 73.6 Å². The quantitative estimate of drug-likeness (QED) is 0.171. The lowest BCUT2D eigenvalue weighted by atomic mass is 9.79. The predicted octanol–water partition coefficient (Wildman–Crippen LogP) is 7.75. The minimum absolute atomic E-state index is 0.0865. The van der Waals surface area contributed by atoms with Crippen molar-refractivity contribution in [1.82, 2.24) is 5.32 Å². The SMILES string of the molecule is CC(C)(C)OC(=O)[C@H](CCCC(=O)Sc1ccccc1)NC1(c2ccccc2)c2ccccc2-c2ccccc21. The number of fused-ring (bicyclic) bond motifs is 3. The smallest absolute Gasteiger partial charge is 0.323 e. The Kier molecular flexibility index (Phi) is 8.24. The fourth-order valence-corrected chi connectivity index (χ4v) is 6.28. The Morgan fingerprint density at radius 1 is 0.775 bits per heavy atom. The molecule has 0 saturated carbocycles. The highest BCUT2D eigenvalue weighted by atomic mass is 32.2. The number of nitrogens with one attached hydrogen (secondary N) is 1. The van der Waals surface area contributed by atoms with Crippen molar-refractivity contribution < 1.29 is 14.3 Å². The first-order valence-electron chi connectivity index (χ1n) is 13.8. The van der Waals surface area contributed by atoms with Crippen molar-refractivity contribution in [3.63, 3.8) is 0 Å². The molecule has 0 radical (unpaired) electrons. The van der Waals surface area contributed by atoms with Crippen molar-refractivity contribution in [2.24, 2.45) is 0 Å². The minimum Gasteiger partial charge on any atom is -0.459 e. The first-order valence-corrected chi connectivity index (χ1v) is 14.6. The van der Waals surface area contributed by atoms with E-state index in [1.165, 1.54) is 11.8 Å². The molecule has 1 aliphatic carbocycles. The second-order valence-electron chi connectivity index (χ2n) is 11.1. The molecular formula is C35H35NO3S. The van der Waals surface area contributed by atoms with Crippen molar-refractivity contribution in [3.8, 4) is 11.1 Å². The lowest BCUT2D eigenvalue weighted by molar-refractivity contribution is -0.158. The molecule has 0 spiro atoms. The molecule has 204 valence electrons. The molecule has 5 rings (SSSR count). The van der Waals surface area contributed by atoms with Gasteiger partial charge in [0.25, 0.3) is 0 Å². The second kappa shape index (κ2) is 11.8. The van der Waals surface area contributed by atoms with Crippen LogP contribution in [0.4, 0.5) is 0 Å². The van der Waals surface area contributed by atoms with Crippen LogP contribution >= 0.6 is 11.8 Å². The molecule has 0 fully saturated rings. The molecule has 0 heterocycles. The maximum atomic E-state index is 13.7. The molecule has 1 N–H and O–H groups in total. The molecule has 0 saturated heterocycles. The molecule has 4 aromatic carbocycles. The summed E-state index contributed by atoms with van der Waals surface area (Å²) >= 11 is 1.25. The number of rotatable bonds is 9. The number of esters is 1. The lowest BCUT2D eigenvalue weighted by Gasteiger charge is -2.38. The summed E-state index contributed by atoms with van der Waals surface area (Å²) in [6.07, 6.45) is 1.39. The minimum atomic E-state index is -0.751. The summed E-state index contributed by atoms with van der Waals surface area (Å²) in [7, 11) is 0. The number of carbonyl (C=O) groups excluding carboxylic acids is 2. The molecule has 0 aromatic heterocycles. The third-order valence-corrected chi connectivity index (χ3v) is 8.03.